The van der Waals surface area contributed by atoms with Crippen LogP contribution < -0.4 is 4.90 Å². The van der Waals surface area contributed by atoms with E-state index in [9.17, 15) is 4.79 Å². The Labute approximate surface area is 139 Å². The van der Waals surface area contributed by atoms with E-state index in [4.69, 9.17) is 11.6 Å². The van der Waals surface area contributed by atoms with E-state index in [-0.39, 0.29) is 5.91 Å². The average Bonchev–Trinajstić information content (AvgIpc) is 2.53. The van der Waals surface area contributed by atoms with E-state index in [1.165, 1.54) is 11.8 Å². The van der Waals surface area contributed by atoms with E-state index in [0.717, 1.165) is 16.9 Å². The van der Waals surface area contributed by atoms with Crippen molar-refractivity contribution < 1.29 is 4.79 Å². The molecular formula is C16H18ClN3OS. The number of hydrogen-bond donors (Lipinski definition) is 0. The van der Waals surface area contributed by atoms with Crippen LogP contribution in [0.1, 0.15) is 17.7 Å². The van der Waals surface area contributed by atoms with Gasteiger partial charge in [0.2, 0.25) is 5.91 Å². The molecule has 4 nitrogen and oxygen atoms in total. The number of halogens is 1. The molecule has 0 radical (unpaired) electrons. The highest BCUT2D eigenvalue weighted by Crippen LogP contribution is 2.22. The zero-order chi connectivity index (χ0) is 16.1. The third-order valence-corrected chi connectivity index (χ3v) is 4.29. The summed E-state index contributed by atoms with van der Waals surface area (Å²) in [5.74, 6) is 0.0376. The molecule has 0 bridgehead atoms. The Morgan fingerprint density at radius 3 is 2.55 bits per heavy atom. The first-order chi connectivity index (χ1) is 10.5. The molecule has 0 aliphatic heterocycles. The highest BCUT2D eigenvalue weighted by atomic mass is 35.5. The Morgan fingerprint density at radius 2 is 1.95 bits per heavy atom. The summed E-state index contributed by atoms with van der Waals surface area (Å²) < 4.78 is 0. The topological polar surface area (TPSA) is 46.1 Å². The maximum Gasteiger partial charge on any atom is 0.227 e. The lowest BCUT2D eigenvalue weighted by atomic mass is 10.1. The Balaban J connectivity index is 2.05. The second-order valence-corrected chi connectivity index (χ2v) is 5.98. The smallest absolute Gasteiger partial charge is 0.227 e. The number of anilines is 1. The summed E-state index contributed by atoms with van der Waals surface area (Å²) in [6.07, 6.45) is 2.81. The van der Waals surface area contributed by atoms with Crippen molar-refractivity contribution >= 4 is 35.0 Å². The minimum atomic E-state index is 0.0376. The number of aromatic nitrogens is 2. The maximum absolute atomic E-state index is 12.3. The Bertz CT molecular complexity index is 641. The summed E-state index contributed by atoms with van der Waals surface area (Å²) in [7, 11) is 1.78. The van der Waals surface area contributed by atoms with Crippen LogP contribution in [-0.2, 0) is 11.2 Å². The summed E-state index contributed by atoms with van der Waals surface area (Å²) in [5.41, 5.74) is 2.55. The highest BCUT2D eigenvalue weighted by molar-refractivity contribution is 7.98. The summed E-state index contributed by atoms with van der Waals surface area (Å²) in [4.78, 5) is 22.6. The van der Waals surface area contributed by atoms with Crippen LogP contribution in [0.4, 0.5) is 5.69 Å². The number of para-hydroxylation sites is 1. The van der Waals surface area contributed by atoms with Crippen molar-refractivity contribution in [1.82, 2.24) is 9.97 Å². The molecule has 0 fully saturated rings. The largest absolute Gasteiger partial charge is 0.315 e. The van der Waals surface area contributed by atoms with Crippen LogP contribution in [0.5, 0.6) is 0 Å². The van der Waals surface area contributed by atoms with Gasteiger partial charge in [0, 0.05) is 30.4 Å². The second-order valence-electron chi connectivity index (χ2n) is 4.85. The molecule has 0 aliphatic carbocycles. The Morgan fingerprint density at radius 1 is 1.27 bits per heavy atom. The van der Waals surface area contributed by atoms with E-state index in [1.807, 2.05) is 43.5 Å². The number of carbonyl (C=O) groups is 1. The number of carbonyl (C=O) groups excluding carboxylic acids is 1. The van der Waals surface area contributed by atoms with Crippen molar-refractivity contribution in [1.29, 1.82) is 0 Å². The van der Waals surface area contributed by atoms with Crippen LogP contribution in [0, 0.1) is 6.92 Å². The number of nitrogens with zero attached hydrogens (tertiary/aromatic N) is 3. The average molecular weight is 336 g/mol. The Kier molecular flexibility index (Phi) is 5.80. The first kappa shape index (κ1) is 16.8. The van der Waals surface area contributed by atoms with Crippen molar-refractivity contribution in [3.63, 3.8) is 0 Å². The second kappa shape index (κ2) is 7.61. The molecule has 116 valence electrons. The molecule has 0 N–H and O–H groups in total. The fraction of sp³-hybridized carbons (Fsp3) is 0.312. The van der Waals surface area contributed by atoms with Crippen molar-refractivity contribution in [2.45, 2.75) is 24.9 Å². The van der Waals surface area contributed by atoms with Gasteiger partial charge in [0.15, 0.2) is 5.16 Å². The van der Waals surface area contributed by atoms with Crippen molar-refractivity contribution in [2.75, 3.05) is 18.2 Å². The first-order valence-electron chi connectivity index (χ1n) is 6.91. The predicted molar refractivity (Wildman–Crippen MR) is 91.7 cm³/mol. The van der Waals surface area contributed by atoms with Crippen LogP contribution >= 0.6 is 23.4 Å². The Hall–Kier alpha value is -1.59. The molecule has 6 heteroatoms. The molecule has 1 amide bonds. The fourth-order valence-corrected chi connectivity index (χ4v) is 2.88. The van der Waals surface area contributed by atoms with Gasteiger partial charge in [-0.3, -0.25) is 4.79 Å². The molecule has 1 aromatic carbocycles. The van der Waals surface area contributed by atoms with Crippen LogP contribution in [0.3, 0.4) is 0 Å². The highest BCUT2D eigenvalue weighted by Gasteiger charge is 2.15. The lowest BCUT2D eigenvalue weighted by Gasteiger charge is -2.17. The fourth-order valence-electron chi connectivity index (χ4n) is 2.11. The standard InChI is InChI=1S/C16H18ClN3OS/c1-11-13(15(17)19-16(18-11)22-3)9-10-14(21)20(2)12-7-5-4-6-8-12/h4-8H,9-10H2,1-3H3. The zero-order valence-electron chi connectivity index (χ0n) is 12.8. The van der Waals surface area contributed by atoms with Crippen molar-refractivity contribution in [2.24, 2.45) is 0 Å². The van der Waals surface area contributed by atoms with E-state index in [2.05, 4.69) is 9.97 Å². The van der Waals surface area contributed by atoms with Gasteiger partial charge in [0.05, 0.1) is 0 Å². The van der Waals surface area contributed by atoms with Gasteiger partial charge in [0.1, 0.15) is 5.15 Å². The van der Waals surface area contributed by atoms with Gasteiger partial charge < -0.3 is 4.90 Å². The summed E-state index contributed by atoms with van der Waals surface area (Å²) >= 11 is 7.65. The molecule has 2 rings (SSSR count). The predicted octanol–water partition coefficient (Wildman–Crippen LogP) is 3.76. The third kappa shape index (κ3) is 3.99. The summed E-state index contributed by atoms with van der Waals surface area (Å²) in [6.45, 7) is 1.90. The molecule has 2 aromatic rings. The number of hydrogen-bond acceptors (Lipinski definition) is 4. The number of amides is 1. The molecule has 0 atom stereocenters. The SMILES string of the molecule is CSc1nc(C)c(CCC(=O)N(C)c2ccccc2)c(Cl)n1. The van der Waals surface area contributed by atoms with Gasteiger partial charge in [-0.2, -0.15) is 0 Å². The minimum absolute atomic E-state index is 0.0376. The third-order valence-electron chi connectivity index (χ3n) is 3.43. The van der Waals surface area contributed by atoms with Crippen LogP contribution in [-0.4, -0.2) is 29.2 Å². The zero-order valence-corrected chi connectivity index (χ0v) is 14.4. The molecule has 0 spiro atoms. The van der Waals surface area contributed by atoms with Gasteiger partial charge in [-0.05, 0) is 31.7 Å². The van der Waals surface area contributed by atoms with Gasteiger partial charge >= 0.3 is 0 Å². The summed E-state index contributed by atoms with van der Waals surface area (Å²) in [5, 5.41) is 1.09. The first-order valence-corrected chi connectivity index (χ1v) is 8.51. The molecule has 0 aliphatic rings. The molecular weight excluding hydrogens is 318 g/mol. The van der Waals surface area contributed by atoms with Crippen LogP contribution in [0.25, 0.3) is 0 Å². The van der Waals surface area contributed by atoms with Crippen molar-refractivity contribution in [3.8, 4) is 0 Å². The minimum Gasteiger partial charge on any atom is -0.315 e. The van der Waals surface area contributed by atoms with Gasteiger partial charge in [0.25, 0.3) is 0 Å². The van der Waals surface area contributed by atoms with E-state index in [0.29, 0.717) is 23.2 Å². The normalized spacial score (nSPS) is 10.5. The van der Waals surface area contributed by atoms with Gasteiger partial charge in [-0.15, -0.1) is 0 Å². The van der Waals surface area contributed by atoms with Crippen LogP contribution in [0.2, 0.25) is 5.15 Å². The molecule has 0 saturated carbocycles. The number of benzene rings is 1. The van der Waals surface area contributed by atoms with E-state index in [1.54, 1.807) is 11.9 Å². The lowest BCUT2D eigenvalue weighted by Crippen LogP contribution is -2.26. The van der Waals surface area contributed by atoms with Crippen molar-refractivity contribution in [3.05, 3.63) is 46.7 Å². The number of aryl methyl sites for hydroxylation is 1. The number of rotatable bonds is 5. The van der Waals surface area contributed by atoms with Gasteiger partial charge in [-0.1, -0.05) is 41.6 Å². The summed E-state index contributed by atoms with van der Waals surface area (Å²) in [6, 6.07) is 9.57. The molecule has 0 unspecified atom stereocenters. The molecule has 1 aromatic heterocycles. The quantitative estimate of drug-likeness (QED) is 0.474. The lowest BCUT2D eigenvalue weighted by molar-refractivity contribution is -0.118. The molecule has 22 heavy (non-hydrogen) atoms. The number of thioether (sulfide) groups is 1. The maximum atomic E-state index is 12.3. The van der Waals surface area contributed by atoms with Gasteiger partial charge in [-0.25, -0.2) is 9.97 Å². The van der Waals surface area contributed by atoms with E-state index < -0.39 is 0 Å². The molecule has 0 saturated heterocycles. The van der Waals surface area contributed by atoms with Crippen LogP contribution in [0.15, 0.2) is 35.5 Å². The molecule has 1 heterocycles. The van der Waals surface area contributed by atoms with E-state index >= 15 is 0 Å². The monoisotopic (exact) mass is 335 g/mol.